The Morgan fingerprint density at radius 1 is 1.00 bits per heavy atom. The molecule has 2 fully saturated rings. The summed E-state index contributed by atoms with van der Waals surface area (Å²) in [7, 11) is 0. The van der Waals surface area contributed by atoms with E-state index in [1.165, 1.54) is 31.5 Å². The maximum Gasteiger partial charge on any atom is 0.225 e. The molecule has 0 radical (unpaired) electrons. The third-order valence-electron chi connectivity index (χ3n) is 5.42. The van der Waals surface area contributed by atoms with Gasteiger partial charge < -0.3 is 4.90 Å². The predicted molar refractivity (Wildman–Crippen MR) is 89.6 cm³/mol. The molecule has 0 unspecified atom stereocenters. The minimum Gasteiger partial charge on any atom is -0.342 e. The first-order valence-corrected chi connectivity index (χ1v) is 8.73. The molecule has 3 rings (SSSR count). The van der Waals surface area contributed by atoms with Gasteiger partial charge in [0.05, 0.1) is 0 Å². The van der Waals surface area contributed by atoms with E-state index in [1.54, 1.807) is 0 Å². The average Bonchev–Trinajstić information content (AvgIpc) is 3.10. The van der Waals surface area contributed by atoms with Crippen molar-refractivity contribution in [1.29, 1.82) is 0 Å². The van der Waals surface area contributed by atoms with E-state index in [1.807, 2.05) is 13.8 Å². The molecule has 0 bridgehead atoms. The fourth-order valence-corrected chi connectivity index (χ4v) is 4.14. The molecule has 0 aliphatic carbocycles. The van der Waals surface area contributed by atoms with Gasteiger partial charge in [0.1, 0.15) is 0 Å². The molecule has 1 aromatic rings. The fourth-order valence-electron chi connectivity index (χ4n) is 4.14. The maximum atomic E-state index is 12.3. The molecule has 0 atom stereocenters. The van der Waals surface area contributed by atoms with Gasteiger partial charge >= 0.3 is 0 Å². The van der Waals surface area contributed by atoms with Crippen LogP contribution in [0.15, 0.2) is 30.3 Å². The summed E-state index contributed by atoms with van der Waals surface area (Å²) in [5, 5.41) is 0. The fraction of sp³-hybridized carbons (Fsp3) is 0.632. The Bertz CT molecular complexity index is 497. The number of benzene rings is 1. The zero-order valence-corrected chi connectivity index (χ0v) is 13.9. The smallest absolute Gasteiger partial charge is 0.225 e. The first kappa shape index (κ1) is 15.5. The van der Waals surface area contributed by atoms with Gasteiger partial charge in [-0.2, -0.15) is 0 Å². The Morgan fingerprint density at radius 3 is 2.14 bits per heavy atom. The van der Waals surface area contributed by atoms with Crippen LogP contribution in [0.3, 0.4) is 0 Å². The van der Waals surface area contributed by atoms with Crippen LogP contribution in [0.5, 0.6) is 0 Å². The summed E-state index contributed by atoms with van der Waals surface area (Å²) in [5.41, 5.74) is 1.58. The zero-order chi connectivity index (χ0) is 15.6. The number of rotatable bonds is 3. The SMILES string of the molecule is CC(C)C(=O)N1CCC(c2ccccc2)(N2CCCC2)CC1. The second-order valence-electron chi connectivity index (χ2n) is 7.07. The minimum atomic E-state index is 0.107. The van der Waals surface area contributed by atoms with Gasteiger partial charge in [-0.1, -0.05) is 44.2 Å². The largest absolute Gasteiger partial charge is 0.342 e. The van der Waals surface area contributed by atoms with Crippen molar-refractivity contribution in [2.24, 2.45) is 5.92 Å². The van der Waals surface area contributed by atoms with Gasteiger partial charge in [0.2, 0.25) is 5.91 Å². The van der Waals surface area contributed by atoms with E-state index >= 15 is 0 Å². The first-order valence-electron chi connectivity index (χ1n) is 8.73. The van der Waals surface area contributed by atoms with E-state index in [2.05, 4.69) is 40.1 Å². The van der Waals surface area contributed by atoms with Crippen LogP contribution in [0, 0.1) is 5.92 Å². The lowest BCUT2D eigenvalue weighted by Gasteiger charge is -2.48. The van der Waals surface area contributed by atoms with Gasteiger partial charge in [0, 0.05) is 24.5 Å². The van der Waals surface area contributed by atoms with Crippen LogP contribution in [-0.2, 0) is 10.3 Å². The molecule has 2 saturated heterocycles. The number of nitrogens with zero attached hydrogens (tertiary/aromatic N) is 2. The van der Waals surface area contributed by atoms with Crippen molar-refractivity contribution in [3.63, 3.8) is 0 Å². The summed E-state index contributed by atoms with van der Waals surface area (Å²) in [6.45, 7) is 8.19. The van der Waals surface area contributed by atoms with E-state index in [9.17, 15) is 4.79 Å². The number of piperidine rings is 1. The van der Waals surface area contributed by atoms with Crippen LogP contribution in [0.1, 0.15) is 45.1 Å². The highest BCUT2D eigenvalue weighted by atomic mass is 16.2. The molecule has 0 aromatic heterocycles. The van der Waals surface area contributed by atoms with Crippen LogP contribution in [-0.4, -0.2) is 41.9 Å². The molecule has 1 aromatic carbocycles. The Labute approximate surface area is 134 Å². The summed E-state index contributed by atoms with van der Waals surface area (Å²) >= 11 is 0. The minimum absolute atomic E-state index is 0.107. The van der Waals surface area contributed by atoms with Gasteiger partial charge in [-0.3, -0.25) is 9.69 Å². The van der Waals surface area contributed by atoms with Crippen LogP contribution < -0.4 is 0 Å². The highest BCUT2D eigenvalue weighted by Crippen LogP contribution is 2.40. The van der Waals surface area contributed by atoms with Crippen LogP contribution in [0.25, 0.3) is 0 Å². The molecule has 120 valence electrons. The van der Waals surface area contributed by atoms with Gasteiger partial charge in [-0.15, -0.1) is 0 Å². The summed E-state index contributed by atoms with van der Waals surface area (Å²) in [6, 6.07) is 11.0. The molecule has 2 heterocycles. The molecule has 2 aliphatic heterocycles. The monoisotopic (exact) mass is 300 g/mol. The molecular formula is C19H28N2O. The number of carbonyl (C=O) groups is 1. The van der Waals surface area contributed by atoms with Crippen LogP contribution in [0.4, 0.5) is 0 Å². The number of hydrogen-bond donors (Lipinski definition) is 0. The molecule has 0 saturated carbocycles. The highest BCUT2D eigenvalue weighted by Gasteiger charge is 2.42. The van der Waals surface area contributed by atoms with Gasteiger partial charge in [-0.05, 0) is 44.3 Å². The molecule has 3 heteroatoms. The molecule has 3 nitrogen and oxygen atoms in total. The number of hydrogen-bond acceptors (Lipinski definition) is 2. The zero-order valence-electron chi connectivity index (χ0n) is 13.9. The van der Waals surface area contributed by atoms with Crippen LogP contribution >= 0.6 is 0 Å². The van der Waals surface area contributed by atoms with Crippen molar-refractivity contribution < 1.29 is 4.79 Å². The summed E-state index contributed by atoms with van der Waals surface area (Å²) in [4.78, 5) is 17.0. The van der Waals surface area contributed by atoms with Crippen molar-refractivity contribution in [3.05, 3.63) is 35.9 Å². The van der Waals surface area contributed by atoms with E-state index in [4.69, 9.17) is 0 Å². The van der Waals surface area contributed by atoms with E-state index < -0.39 is 0 Å². The normalized spacial score (nSPS) is 22.2. The summed E-state index contributed by atoms with van der Waals surface area (Å²) in [6.07, 6.45) is 4.75. The maximum absolute atomic E-state index is 12.3. The second-order valence-corrected chi connectivity index (χ2v) is 7.07. The van der Waals surface area contributed by atoms with Crippen molar-refractivity contribution in [2.75, 3.05) is 26.2 Å². The lowest BCUT2D eigenvalue weighted by molar-refractivity contribution is -0.137. The molecule has 0 N–H and O–H groups in total. The van der Waals surface area contributed by atoms with Gasteiger partial charge in [0.15, 0.2) is 0 Å². The Morgan fingerprint density at radius 2 is 1.59 bits per heavy atom. The number of likely N-dealkylation sites (tertiary alicyclic amines) is 2. The molecule has 1 amide bonds. The average molecular weight is 300 g/mol. The van der Waals surface area contributed by atoms with E-state index in [0.29, 0.717) is 5.91 Å². The Hall–Kier alpha value is -1.35. The second kappa shape index (κ2) is 6.41. The Kier molecular flexibility index (Phi) is 4.53. The third-order valence-corrected chi connectivity index (χ3v) is 5.42. The van der Waals surface area contributed by atoms with E-state index in [-0.39, 0.29) is 11.5 Å². The van der Waals surface area contributed by atoms with Gasteiger partial charge in [0.25, 0.3) is 0 Å². The van der Waals surface area contributed by atoms with E-state index in [0.717, 1.165) is 25.9 Å². The molecule has 2 aliphatic rings. The lowest BCUT2D eigenvalue weighted by Crippen LogP contribution is -2.53. The predicted octanol–water partition coefficient (Wildman–Crippen LogP) is 3.26. The topological polar surface area (TPSA) is 23.6 Å². The number of amides is 1. The third kappa shape index (κ3) is 2.79. The lowest BCUT2D eigenvalue weighted by atomic mass is 9.79. The molecule has 22 heavy (non-hydrogen) atoms. The summed E-state index contributed by atoms with van der Waals surface area (Å²) in [5.74, 6) is 0.416. The summed E-state index contributed by atoms with van der Waals surface area (Å²) < 4.78 is 0. The first-order chi connectivity index (χ1) is 10.6. The quantitative estimate of drug-likeness (QED) is 0.855. The Balaban J connectivity index is 1.82. The van der Waals surface area contributed by atoms with Crippen molar-refractivity contribution in [2.45, 2.75) is 45.1 Å². The molecular weight excluding hydrogens is 272 g/mol. The van der Waals surface area contributed by atoms with Crippen molar-refractivity contribution in [1.82, 2.24) is 9.80 Å². The molecule has 0 spiro atoms. The van der Waals surface area contributed by atoms with Crippen LogP contribution in [0.2, 0.25) is 0 Å². The van der Waals surface area contributed by atoms with Crippen molar-refractivity contribution >= 4 is 5.91 Å². The van der Waals surface area contributed by atoms with Gasteiger partial charge in [-0.25, -0.2) is 0 Å². The number of carbonyl (C=O) groups excluding carboxylic acids is 1. The standard InChI is InChI=1S/C19H28N2O/c1-16(2)18(22)20-14-10-19(11-15-20,21-12-6-7-13-21)17-8-4-3-5-9-17/h3-5,8-9,16H,6-7,10-15H2,1-2H3. The van der Waals surface area contributed by atoms with Crippen molar-refractivity contribution in [3.8, 4) is 0 Å². The highest BCUT2D eigenvalue weighted by molar-refractivity contribution is 5.78.